The summed E-state index contributed by atoms with van der Waals surface area (Å²) in [6.07, 6.45) is 6.96. The number of fused-ring (bicyclic) bond motifs is 1. The average molecular weight is 423 g/mol. The maximum Gasteiger partial charge on any atom is 0.194 e. The van der Waals surface area contributed by atoms with Crippen molar-refractivity contribution in [2.75, 3.05) is 26.2 Å². The molecule has 2 aliphatic heterocycles. The Morgan fingerprint density at radius 3 is 2.43 bits per heavy atom. The van der Waals surface area contributed by atoms with Crippen LogP contribution in [0.2, 0.25) is 0 Å². The van der Waals surface area contributed by atoms with Gasteiger partial charge in [-0.2, -0.15) is 0 Å². The minimum absolute atomic E-state index is 0.0191. The minimum atomic E-state index is -3.42. The lowest BCUT2D eigenvalue weighted by Crippen LogP contribution is -2.36. The second-order valence-electron chi connectivity index (χ2n) is 8.86. The zero-order valence-corrected chi connectivity index (χ0v) is 18.2. The number of likely N-dealkylation sites (tertiary alicyclic amines) is 1. The molecule has 0 saturated carbocycles. The van der Waals surface area contributed by atoms with Gasteiger partial charge in [0.2, 0.25) is 0 Å². The molecule has 0 radical (unpaired) electrons. The number of rotatable bonds is 6. The molecule has 2 saturated heterocycles. The fraction of sp³-hybridized carbons (Fsp3) is 0.440. The number of hydrogen-bond donors (Lipinski definition) is 1. The first kappa shape index (κ1) is 20.0. The molecule has 1 N–H and O–H groups in total. The van der Waals surface area contributed by atoms with E-state index in [9.17, 15) is 8.42 Å². The summed E-state index contributed by atoms with van der Waals surface area (Å²) in [7, 11) is -3.42. The monoisotopic (exact) mass is 422 g/mol. The number of sulfone groups is 1. The molecule has 0 bridgehead atoms. The summed E-state index contributed by atoms with van der Waals surface area (Å²) in [6, 6.07) is 17.7. The smallest absolute Gasteiger partial charge is 0.194 e. The maximum absolute atomic E-state index is 13.3. The fourth-order valence-electron chi connectivity index (χ4n) is 5.36. The van der Waals surface area contributed by atoms with E-state index < -0.39 is 15.2 Å². The van der Waals surface area contributed by atoms with Crippen molar-refractivity contribution >= 4 is 15.4 Å². The van der Waals surface area contributed by atoms with Gasteiger partial charge in [0.15, 0.2) is 9.84 Å². The molecule has 4 nitrogen and oxygen atoms in total. The Bertz CT molecular complexity index is 1010. The summed E-state index contributed by atoms with van der Waals surface area (Å²) in [6.45, 7) is 4.36. The van der Waals surface area contributed by atoms with Crippen molar-refractivity contribution in [3.8, 4) is 0 Å². The molecule has 2 heterocycles. The van der Waals surface area contributed by atoms with Crippen LogP contribution in [0.15, 0.2) is 65.6 Å². The van der Waals surface area contributed by atoms with Gasteiger partial charge >= 0.3 is 0 Å². The van der Waals surface area contributed by atoms with E-state index in [0.29, 0.717) is 10.8 Å². The van der Waals surface area contributed by atoms with Gasteiger partial charge in [-0.15, -0.1) is 0 Å². The van der Waals surface area contributed by atoms with E-state index in [0.717, 1.165) is 25.9 Å². The van der Waals surface area contributed by atoms with Gasteiger partial charge in [0, 0.05) is 19.0 Å². The molecule has 30 heavy (non-hydrogen) atoms. The highest BCUT2D eigenvalue weighted by molar-refractivity contribution is 7.92. The SMILES string of the molecule is O=S(=O)(c1ccccc1)C1NC[C@H]2CC=C(c3ccc(CCN4CCCC4)cc3)[C@@H]12. The molecule has 1 unspecified atom stereocenters. The number of hydrogen-bond acceptors (Lipinski definition) is 4. The molecular formula is C25H30N2O2S. The molecule has 2 aromatic rings. The Kier molecular flexibility index (Phi) is 5.52. The molecule has 1 aliphatic carbocycles. The van der Waals surface area contributed by atoms with Crippen LogP contribution in [0.25, 0.3) is 5.57 Å². The molecule has 158 valence electrons. The van der Waals surface area contributed by atoms with Crippen LogP contribution in [0.1, 0.15) is 30.4 Å². The van der Waals surface area contributed by atoms with Gasteiger partial charge in [0.25, 0.3) is 0 Å². The lowest BCUT2D eigenvalue weighted by Gasteiger charge is -2.23. The summed E-state index contributed by atoms with van der Waals surface area (Å²) in [5.74, 6) is 0.379. The number of allylic oxidation sites excluding steroid dienone is 1. The topological polar surface area (TPSA) is 49.4 Å². The lowest BCUT2D eigenvalue weighted by molar-refractivity contribution is 0.343. The third kappa shape index (κ3) is 3.75. The number of nitrogens with zero attached hydrogens (tertiary/aromatic N) is 1. The van der Waals surface area contributed by atoms with Crippen LogP contribution in [0.5, 0.6) is 0 Å². The third-order valence-corrected chi connectivity index (χ3v) is 9.08. The van der Waals surface area contributed by atoms with Crippen LogP contribution >= 0.6 is 0 Å². The Hall–Kier alpha value is -1.95. The number of nitrogens with one attached hydrogen (secondary N) is 1. The number of benzene rings is 2. The van der Waals surface area contributed by atoms with Gasteiger partial charge in [0.05, 0.1) is 4.90 Å². The Morgan fingerprint density at radius 1 is 0.967 bits per heavy atom. The third-order valence-electron chi connectivity index (χ3n) is 7.02. The summed E-state index contributed by atoms with van der Waals surface area (Å²) in [5.41, 5.74) is 3.73. The van der Waals surface area contributed by atoms with Gasteiger partial charge in [-0.25, -0.2) is 8.42 Å². The second kappa shape index (κ2) is 8.29. The highest BCUT2D eigenvalue weighted by Crippen LogP contribution is 2.45. The van der Waals surface area contributed by atoms with Gasteiger partial charge in [-0.3, -0.25) is 0 Å². The van der Waals surface area contributed by atoms with Gasteiger partial charge < -0.3 is 10.2 Å². The van der Waals surface area contributed by atoms with Gasteiger partial charge in [-0.05, 0) is 73.5 Å². The first-order valence-electron chi connectivity index (χ1n) is 11.2. The Labute approximate surface area is 179 Å². The predicted molar refractivity (Wildman–Crippen MR) is 121 cm³/mol. The molecule has 5 rings (SSSR count). The maximum atomic E-state index is 13.3. The first-order valence-corrected chi connectivity index (χ1v) is 12.7. The van der Waals surface area contributed by atoms with Crippen LogP contribution in [0.4, 0.5) is 0 Å². The molecule has 5 heteroatoms. The molecule has 3 aliphatic rings. The molecular weight excluding hydrogens is 392 g/mol. The van der Waals surface area contributed by atoms with E-state index in [-0.39, 0.29) is 5.92 Å². The van der Waals surface area contributed by atoms with Gasteiger partial charge in [-0.1, -0.05) is 48.5 Å². The predicted octanol–water partition coefficient (Wildman–Crippen LogP) is 3.75. The van der Waals surface area contributed by atoms with Crippen molar-refractivity contribution in [2.24, 2.45) is 11.8 Å². The van der Waals surface area contributed by atoms with Crippen LogP contribution in [-0.4, -0.2) is 44.9 Å². The zero-order valence-electron chi connectivity index (χ0n) is 17.3. The minimum Gasteiger partial charge on any atom is -0.303 e. The summed E-state index contributed by atoms with van der Waals surface area (Å²) in [5, 5.41) is 2.78. The van der Waals surface area contributed by atoms with Crippen molar-refractivity contribution in [3.05, 3.63) is 71.8 Å². The van der Waals surface area contributed by atoms with Crippen LogP contribution < -0.4 is 5.32 Å². The largest absolute Gasteiger partial charge is 0.303 e. The van der Waals surface area contributed by atoms with E-state index in [2.05, 4.69) is 40.6 Å². The average Bonchev–Trinajstić information content (AvgIpc) is 3.51. The fourth-order valence-corrected chi connectivity index (χ4v) is 7.26. The van der Waals surface area contributed by atoms with E-state index in [1.165, 1.54) is 42.6 Å². The zero-order chi connectivity index (χ0) is 20.6. The van der Waals surface area contributed by atoms with Crippen molar-refractivity contribution < 1.29 is 8.42 Å². The van der Waals surface area contributed by atoms with E-state index in [1.54, 1.807) is 24.3 Å². The first-order chi connectivity index (χ1) is 14.6. The Morgan fingerprint density at radius 2 is 1.70 bits per heavy atom. The molecule has 0 amide bonds. The molecule has 0 spiro atoms. The lowest BCUT2D eigenvalue weighted by atomic mass is 9.90. The van der Waals surface area contributed by atoms with Crippen molar-refractivity contribution in [1.29, 1.82) is 0 Å². The molecule has 2 fully saturated rings. The molecule has 3 atom stereocenters. The summed E-state index contributed by atoms with van der Waals surface area (Å²) >= 11 is 0. The highest BCUT2D eigenvalue weighted by atomic mass is 32.2. The van der Waals surface area contributed by atoms with E-state index in [1.807, 2.05) is 6.07 Å². The van der Waals surface area contributed by atoms with E-state index >= 15 is 0 Å². The van der Waals surface area contributed by atoms with Crippen molar-refractivity contribution in [1.82, 2.24) is 10.2 Å². The quantitative estimate of drug-likeness (QED) is 0.770. The van der Waals surface area contributed by atoms with E-state index in [4.69, 9.17) is 0 Å². The highest BCUT2D eigenvalue weighted by Gasteiger charge is 2.47. The van der Waals surface area contributed by atoms with Crippen molar-refractivity contribution in [2.45, 2.75) is 36.0 Å². The van der Waals surface area contributed by atoms with Crippen molar-refractivity contribution in [3.63, 3.8) is 0 Å². The standard InChI is InChI=1S/C25H30N2O2S/c28-30(29,22-6-2-1-3-7-22)25-24-21(18-26-25)12-13-23(24)20-10-8-19(9-11-20)14-17-27-15-4-5-16-27/h1-3,6-11,13,21,24-26H,4-5,12,14-18H2/t21-,24+,25?/m1/s1. The van der Waals surface area contributed by atoms with Crippen LogP contribution in [0.3, 0.4) is 0 Å². The normalized spacial score (nSPS) is 26.7. The second-order valence-corrected chi connectivity index (χ2v) is 10.9. The molecule has 2 aromatic carbocycles. The van der Waals surface area contributed by atoms with Crippen LogP contribution in [-0.2, 0) is 16.3 Å². The van der Waals surface area contributed by atoms with Gasteiger partial charge in [0.1, 0.15) is 5.37 Å². The Balaban J connectivity index is 1.33. The molecule has 0 aromatic heterocycles. The summed E-state index contributed by atoms with van der Waals surface area (Å²) in [4.78, 5) is 2.95. The van der Waals surface area contributed by atoms with Crippen LogP contribution in [0, 0.1) is 11.8 Å². The summed E-state index contributed by atoms with van der Waals surface area (Å²) < 4.78 is 26.6.